The average molecular weight is 363 g/mol. The molecule has 0 bridgehead atoms. The molecule has 1 amide bonds. The maximum atomic E-state index is 12.8. The van der Waals surface area contributed by atoms with Crippen molar-refractivity contribution in [2.24, 2.45) is 17.1 Å². The van der Waals surface area contributed by atoms with Crippen LogP contribution in [-0.2, 0) is 11.0 Å². The lowest BCUT2D eigenvalue weighted by Gasteiger charge is -2.22. The quantitative estimate of drug-likeness (QED) is 0.895. The third-order valence-electron chi connectivity index (χ3n) is 5.11. The summed E-state index contributed by atoms with van der Waals surface area (Å²) in [7, 11) is 0. The summed E-state index contributed by atoms with van der Waals surface area (Å²) in [5.74, 6) is -0.210. The zero-order chi connectivity index (χ0) is 16.8. The molecule has 3 atom stereocenters. The van der Waals surface area contributed by atoms with Crippen LogP contribution >= 0.6 is 12.4 Å². The summed E-state index contributed by atoms with van der Waals surface area (Å²) < 4.78 is 38.4. The zero-order valence-electron chi connectivity index (χ0n) is 13.5. The van der Waals surface area contributed by atoms with Gasteiger partial charge in [0.05, 0.1) is 5.56 Å². The molecule has 24 heavy (non-hydrogen) atoms. The molecule has 3 nitrogen and oxygen atoms in total. The molecule has 3 unspecified atom stereocenters. The van der Waals surface area contributed by atoms with Crippen molar-refractivity contribution < 1.29 is 18.0 Å². The second kappa shape index (κ2) is 6.56. The number of hydrogen-bond donors (Lipinski definition) is 1. The van der Waals surface area contributed by atoms with Gasteiger partial charge in [-0.25, -0.2) is 0 Å². The minimum absolute atomic E-state index is 0. The number of nitrogens with zero attached hydrogens (tertiary/aromatic N) is 1. The molecule has 1 heterocycles. The number of carbonyl (C=O) groups is 1. The molecule has 1 aromatic rings. The molecule has 2 fully saturated rings. The molecule has 0 spiro atoms. The van der Waals surface area contributed by atoms with Crippen LogP contribution in [0.15, 0.2) is 24.3 Å². The van der Waals surface area contributed by atoms with E-state index in [0.29, 0.717) is 31.6 Å². The van der Waals surface area contributed by atoms with Crippen LogP contribution in [0.5, 0.6) is 0 Å². The summed E-state index contributed by atoms with van der Waals surface area (Å²) >= 11 is 0. The van der Waals surface area contributed by atoms with E-state index in [1.165, 1.54) is 12.1 Å². The number of nitrogens with two attached hydrogens (primary N) is 1. The van der Waals surface area contributed by atoms with E-state index in [4.69, 9.17) is 5.73 Å². The summed E-state index contributed by atoms with van der Waals surface area (Å²) in [6.07, 6.45) is -2.82. The van der Waals surface area contributed by atoms with E-state index in [-0.39, 0.29) is 35.6 Å². The highest BCUT2D eigenvalue weighted by atomic mass is 35.5. The molecule has 1 aromatic carbocycles. The molecule has 2 N–H and O–H groups in total. The predicted octanol–water partition coefficient (Wildman–Crippen LogP) is 3.43. The van der Waals surface area contributed by atoms with Gasteiger partial charge in [0.25, 0.3) is 0 Å². The molecule has 1 saturated carbocycles. The van der Waals surface area contributed by atoms with Crippen molar-refractivity contribution in [2.75, 3.05) is 19.6 Å². The predicted molar refractivity (Wildman–Crippen MR) is 87.9 cm³/mol. The smallest absolute Gasteiger partial charge is 0.342 e. The Balaban J connectivity index is 0.00000208. The summed E-state index contributed by atoms with van der Waals surface area (Å²) in [4.78, 5) is 14.4. The van der Waals surface area contributed by atoms with E-state index in [9.17, 15) is 18.0 Å². The fourth-order valence-corrected chi connectivity index (χ4v) is 3.39. The largest absolute Gasteiger partial charge is 0.416 e. The van der Waals surface area contributed by atoms with E-state index < -0.39 is 11.7 Å². The number of hydrogen-bond acceptors (Lipinski definition) is 2. The zero-order valence-corrected chi connectivity index (χ0v) is 14.3. The first-order valence-corrected chi connectivity index (χ1v) is 7.89. The number of alkyl halides is 3. The van der Waals surface area contributed by atoms with Gasteiger partial charge in [-0.15, -0.1) is 12.4 Å². The van der Waals surface area contributed by atoms with Crippen molar-refractivity contribution in [1.82, 2.24) is 4.90 Å². The minimum atomic E-state index is -4.34. The highest BCUT2D eigenvalue weighted by Crippen LogP contribution is 2.50. The van der Waals surface area contributed by atoms with Crippen molar-refractivity contribution in [1.29, 1.82) is 0 Å². The maximum absolute atomic E-state index is 12.8. The van der Waals surface area contributed by atoms with Crippen molar-refractivity contribution >= 4 is 18.3 Å². The van der Waals surface area contributed by atoms with Crippen LogP contribution < -0.4 is 5.73 Å². The van der Waals surface area contributed by atoms with E-state index in [0.717, 1.165) is 12.5 Å². The van der Waals surface area contributed by atoms with Crippen molar-refractivity contribution in [2.45, 2.75) is 31.9 Å². The lowest BCUT2D eigenvalue weighted by Crippen LogP contribution is -2.35. The third kappa shape index (κ3) is 3.70. The van der Waals surface area contributed by atoms with Crippen LogP contribution in [0.1, 0.15) is 36.8 Å². The van der Waals surface area contributed by atoms with Gasteiger partial charge < -0.3 is 10.6 Å². The monoisotopic (exact) mass is 362 g/mol. The van der Waals surface area contributed by atoms with Crippen LogP contribution in [0.2, 0.25) is 0 Å². The van der Waals surface area contributed by atoms with Crippen LogP contribution in [0.4, 0.5) is 13.2 Å². The Hall–Kier alpha value is -1.27. The SMILES string of the molecule is CC1(CN)CCN(C(=O)C2CC2c2cccc(C(F)(F)F)c2)C1.Cl. The number of carbonyl (C=O) groups excluding carboxylic acids is 1. The Morgan fingerprint density at radius 2 is 2.12 bits per heavy atom. The molecular weight excluding hydrogens is 341 g/mol. The normalized spacial score (nSPS) is 29.3. The molecule has 1 aliphatic carbocycles. The van der Waals surface area contributed by atoms with E-state index >= 15 is 0 Å². The summed E-state index contributed by atoms with van der Waals surface area (Å²) in [6.45, 7) is 3.95. The van der Waals surface area contributed by atoms with Gasteiger partial charge in [-0.1, -0.05) is 25.1 Å². The van der Waals surface area contributed by atoms with Crippen LogP contribution in [0.25, 0.3) is 0 Å². The first-order chi connectivity index (χ1) is 10.7. The maximum Gasteiger partial charge on any atom is 0.416 e. The minimum Gasteiger partial charge on any atom is -0.342 e. The van der Waals surface area contributed by atoms with Crippen molar-refractivity contribution in [3.63, 3.8) is 0 Å². The fourth-order valence-electron chi connectivity index (χ4n) is 3.39. The van der Waals surface area contributed by atoms with Gasteiger partial charge in [0.2, 0.25) is 5.91 Å². The molecule has 2 aliphatic rings. The first-order valence-electron chi connectivity index (χ1n) is 7.89. The van der Waals surface area contributed by atoms with Gasteiger partial charge in [-0.2, -0.15) is 13.2 Å². The number of rotatable bonds is 3. The van der Waals surface area contributed by atoms with Crippen LogP contribution in [0, 0.1) is 11.3 Å². The lowest BCUT2D eigenvalue weighted by molar-refractivity contribution is -0.137. The molecule has 1 saturated heterocycles. The molecule has 1 aliphatic heterocycles. The van der Waals surface area contributed by atoms with E-state index in [1.54, 1.807) is 6.07 Å². The molecule has 3 rings (SSSR count). The highest BCUT2D eigenvalue weighted by molar-refractivity contribution is 5.85. The summed E-state index contributed by atoms with van der Waals surface area (Å²) in [5, 5.41) is 0. The number of halogens is 4. The van der Waals surface area contributed by atoms with E-state index in [2.05, 4.69) is 6.92 Å². The Kier molecular flexibility index (Phi) is 5.21. The molecule has 7 heteroatoms. The number of benzene rings is 1. The van der Waals surface area contributed by atoms with Crippen molar-refractivity contribution in [3.05, 3.63) is 35.4 Å². The Bertz CT molecular complexity index is 622. The summed E-state index contributed by atoms with van der Waals surface area (Å²) in [6, 6.07) is 5.34. The van der Waals surface area contributed by atoms with E-state index in [1.807, 2.05) is 4.90 Å². The standard InChI is InChI=1S/C17H21F3N2O.ClH/c1-16(9-21)5-6-22(10-16)15(23)14-8-13(14)11-3-2-4-12(7-11)17(18,19)20;/h2-4,7,13-14H,5-6,8-10,21H2,1H3;1H. The van der Waals surface area contributed by atoms with Gasteiger partial charge >= 0.3 is 6.18 Å². The number of amides is 1. The molecule has 0 radical (unpaired) electrons. The Labute approximate surface area is 145 Å². The highest BCUT2D eigenvalue weighted by Gasteiger charge is 2.48. The molecule has 0 aromatic heterocycles. The molecule has 134 valence electrons. The summed E-state index contributed by atoms with van der Waals surface area (Å²) in [5.41, 5.74) is 5.68. The van der Waals surface area contributed by atoms with Gasteiger partial charge in [-0.3, -0.25) is 4.79 Å². The van der Waals surface area contributed by atoms with Crippen LogP contribution in [-0.4, -0.2) is 30.4 Å². The average Bonchev–Trinajstić information content (AvgIpc) is 3.22. The first kappa shape index (κ1) is 19.1. The molecular formula is C17H22ClF3N2O. The second-order valence-corrected chi connectivity index (χ2v) is 7.10. The third-order valence-corrected chi connectivity index (χ3v) is 5.11. The number of likely N-dealkylation sites (tertiary alicyclic amines) is 1. The van der Waals surface area contributed by atoms with Gasteiger partial charge in [-0.05, 0) is 42.3 Å². The second-order valence-electron chi connectivity index (χ2n) is 7.10. The Morgan fingerprint density at radius 3 is 2.71 bits per heavy atom. The topological polar surface area (TPSA) is 46.3 Å². The lowest BCUT2D eigenvalue weighted by atomic mass is 9.90. The van der Waals surface area contributed by atoms with Gasteiger partial charge in [0.1, 0.15) is 0 Å². The van der Waals surface area contributed by atoms with Gasteiger partial charge in [0, 0.05) is 19.0 Å². The Morgan fingerprint density at radius 1 is 1.42 bits per heavy atom. The van der Waals surface area contributed by atoms with Crippen LogP contribution in [0.3, 0.4) is 0 Å². The fraction of sp³-hybridized carbons (Fsp3) is 0.588. The van der Waals surface area contributed by atoms with Gasteiger partial charge in [0.15, 0.2) is 0 Å². The van der Waals surface area contributed by atoms with Crippen molar-refractivity contribution in [3.8, 4) is 0 Å².